The molecule has 0 saturated heterocycles. The van der Waals surface area contributed by atoms with Gasteiger partial charge in [-0.25, -0.2) is 4.79 Å². The molecule has 0 saturated carbocycles. The maximum absolute atomic E-state index is 12.9. The highest BCUT2D eigenvalue weighted by atomic mass is 16.7. The Morgan fingerprint density at radius 3 is 1.00 bits per heavy atom. The van der Waals surface area contributed by atoms with Gasteiger partial charge in [0.25, 0.3) is 6.29 Å². The second-order valence-corrected chi connectivity index (χ2v) is 23.7. The van der Waals surface area contributed by atoms with Crippen LogP contribution in [-0.4, -0.2) is 87.4 Å². The molecule has 0 amide bonds. The molecule has 2 unspecified atom stereocenters. The van der Waals surface area contributed by atoms with Crippen molar-refractivity contribution in [2.75, 3.05) is 47.5 Å². The van der Waals surface area contributed by atoms with Crippen LogP contribution in [0.5, 0.6) is 0 Å². The van der Waals surface area contributed by atoms with Crippen LogP contribution in [0.1, 0.15) is 271 Å². The smallest absolute Gasteiger partial charge is 0.361 e. The van der Waals surface area contributed by atoms with Gasteiger partial charge in [-0.15, -0.1) is 0 Å². The number of ether oxygens (including phenoxy) is 4. The van der Waals surface area contributed by atoms with E-state index in [0.29, 0.717) is 23.9 Å². The first-order valence-corrected chi connectivity index (χ1v) is 34.3. The van der Waals surface area contributed by atoms with Crippen LogP contribution in [-0.2, 0) is 33.3 Å². The quantitative estimate of drug-likeness (QED) is 0.0211. The number of unbranched alkanes of at least 4 members (excludes halogenated alkanes) is 25. The van der Waals surface area contributed by atoms with E-state index in [1.807, 2.05) is 21.1 Å². The highest BCUT2D eigenvalue weighted by molar-refractivity contribution is 5.71. The molecule has 0 aromatic heterocycles. The summed E-state index contributed by atoms with van der Waals surface area (Å²) in [7, 11) is 5.97. The van der Waals surface area contributed by atoms with Gasteiger partial charge >= 0.3 is 17.9 Å². The number of carboxylic acid groups (broad SMARTS) is 1. The first-order valence-electron chi connectivity index (χ1n) is 34.3. The first kappa shape index (κ1) is 80.4. The number of aliphatic carboxylic acids is 1. The van der Waals surface area contributed by atoms with Crippen LogP contribution in [0.4, 0.5) is 0 Å². The Labute approximate surface area is 522 Å². The monoisotopic (exact) mass is 1180 g/mol. The Hall–Kier alpha value is -4.57. The van der Waals surface area contributed by atoms with Gasteiger partial charge in [0.05, 0.1) is 34.4 Å². The lowest BCUT2D eigenvalue weighted by Gasteiger charge is -2.25. The normalized spacial score (nSPS) is 13.6. The largest absolute Gasteiger partial charge is 0.477 e. The van der Waals surface area contributed by atoms with Crippen molar-refractivity contribution >= 4 is 17.9 Å². The van der Waals surface area contributed by atoms with Crippen LogP contribution in [0.2, 0.25) is 0 Å². The van der Waals surface area contributed by atoms with Crippen molar-refractivity contribution in [3.8, 4) is 0 Å². The molecule has 1 N–H and O–H groups in total. The van der Waals surface area contributed by atoms with Crippen LogP contribution >= 0.6 is 0 Å². The fraction of sp³-hybridized carbons (Fsp3) is 0.671. The second-order valence-electron chi connectivity index (χ2n) is 23.7. The molecule has 0 aliphatic heterocycles. The van der Waals surface area contributed by atoms with E-state index < -0.39 is 24.3 Å². The number of carboxylic acids is 1. The topological polar surface area (TPSA) is 108 Å². The van der Waals surface area contributed by atoms with E-state index in [4.69, 9.17) is 18.9 Å². The van der Waals surface area contributed by atoms with E-state index in [2.05, 4.69) is 148 Å². The number of likely N-dealkylation sites (N-methyl/N-ethyl adjacent to an activating group) is 1. The molecule has 0 aliphatic rings. The summed E-state index contributed by atoms with van der Waals surface area (Å²) in [6.07, 6.45) is 91.2. The number of esters is 2. The van der Waals surface area contributed by atoms with Crippen LogP contribution in [0, 0.1) is 0 Å². The van der Waals surface area contributed by atoms with E-state index in [1.165, 1.54) is 128 Å². The number of nitrogens with zero attached hydrogens (tertiary/aromatic N) is 1. The standard InChI is InChI=1S/C76H127NO8/c1-6-8-10-12-14-16-18-20-22-24-26-28-30-31-32-33-34-35-36-37-38-39-40-41-42-43-45-47-49-51-53-55-57-59-61-63-65-67-74(79)85-72(71-84-76(75(80)81)82-69-68-77(3,4)5)70-83-73(78)66-64-62-60-58-56-54-52-50-48-46-44-29-27-25-23-21-19-17-15-13-11-9-7-2/h8,10,14,16,19-22,25-28,31-32,34-35,37-38,40-41,43,45,72,76H,6-7,9,11-13,15,17-18,23-24,29-30,33,36,39,42,44,46-71H2,1-5H3/p+1/b10-8-,16-14-,21-19-,22-20-,27-25-,28-26-,32-31-,35-34-,38-37-,41-40-,45-43-. The van der Waals surface area contributed by atoms with Crippen LogP contribution in [0.15, 0.2) is 134 Å². The van der Waals surface area contributed by atoms with E-state index >= 15 is 0 Å². The summed E-state index contributed by atoms with van der Waals surface area (Å²) in [5.41, 5.74) is 0. The molecule has 0 aliphatic carbocycles. The lowest BCUT2D eigenvalue weighted by atomic mass is 10.0. The fourth-order valence-electron chi connectivity index (χ4n) is 9.15. The summed E-state index contributed by atoms with van der Waals surface area (Å²) >= 11 is 0. The van der Waals surface area contributed by atoms with Crippen molar-refractivity contribution in [3.63, 3.8) is 0 Å². The molecule has 0 radical (unpaired) electrons. The van der Waals surface area contributed by atoms with Crippen molar-refractivity contribution < 1.29 is 42.9 Å². The van der Waals surface area contributed by atoms with Crippen molar-refractivity contribution in [2.45, 2.75) is 283 Å². The molecule has 9 nitrogen and oxygen atoms in total. The van der Waals surface area contributed by atoms with E-state index in [0.717, 1.165) is 109 Å². The predicted octanol–water partition coefficient (Wildman–Crippen LogP) is 21.4. The first-order chi connectivity index (χ1) is 41.6. The number of allylic oxidation sites excluding steroid dienone is 22. The van der Waals surface area contributed by atoms with Gasteiger partial charge in [-0.1, -0.05) is 276 Å². The Balaban J connectivity index is 4.19. The zero-order valence-corrected chi connectivity index (χ0v) is 55.2. The lowest BCUT2D eigenvalue weighted by Crippen LogP contribution is -2.40. The molecule has 0 rings (SSSR count). The summed E-state index contributed by atoms with van der Waals surface area (Å²) in [5, 5.41) is 9.74. The molecule has 0 spiro atoms. The van der Waals surface area contributed by atoms with Gasteiger partial charge in [0.2, 0.25) is 0 Å². The third-order valence-electron chi connectivity index (χ3n) is 14.4. The zero-order valence-electron chi connectivity index (χ0n) is 55.2. The van der Waals surface area contributed by atoms with Crippen molar-refractivity contribution in [1.82, 2.24) is 0 Å². The molecular weight excluding hydrogens is 1050 g/mol. The number of quaternary nitrogens is 1. The van der Waals surface area contributed by atoms with Crippen molar-refractivity contribution in [2.24, 2.45) is 0 Å². The summed E-state index contributed by atoms with van der Waals surface area (Å²) in [6, 6.07) is 0. The minimum Gasteiger partial charge on any atom is -0.477 e. The van der Waals surface area contributed by atoms with Crippen LogP contribution in [0.3, 0.4) is 0 Å². The van der Waals surface area contributed by atoms with E-state index in [1.54, 1.807) is 0 Å². The average Bonchev–Trinajstić information content (AvgIpc) is 3.48. The highest BCUT2D eigenvalue weighted by Crippen LogP contribution is 2.16. The van der Waals surface area contributed by atoms with Gasteiger partial charge in [0.15, 0.2) is 6.10 Å². The maximum Gasteiger partial charge on any atom is 0.361 e. The molecule has 0 heterocycles. The summed E-state index contributed by atoms with van der Waals surface area (Å²) in [5.74, 6) is -2.02. The molecular formula is C76H128NO8+. The summed E-state index contributed by atoms with van der Waals surface area (Å²) in [4.78, 5) is 37.6. The Morgan fingerprint density at radius 1 is 0.365 bits per heavy atom. The molecule has 0 bridgehead atoms. The summed E-state index contributed by atoms with van der Waals surface area (Å²) in [6.45, 7) is 4.75. The number of rotatable bonds is 62. The minimum atomic E-state index is -1.52. The molecule has 85 heavy (non-hydrogen) atoms. The predicted molar refractivity (Wildman–Crippen MR) is 364 cm³/mol. The molecule has 0 fully saturated rings. The second kappa shape index (κ2) is 65.4. The third kappa shape index (κ3) is 66.8. The molecule has 484 valence electrons. The van der Waals surface area contributed by atoms with Gasteiger partial charge in [-0.2, -0.15) is 0 Å². The fourth-order valence-corrected chi connectivity index (χ4v) is 9.15. The van der Waals surface area contributed by atoms with Gasteiger partial charge in [-0.3, -0.25) is 9.59 Å². The SMILES string of the molecule is CC/C=C\C/C=C\C/C=C\C/C=C\C/C=C\C/C=C\C/C=C\C/C=C\C/C=C\CCCCCCCCCCCC(=O)OC(COC(=O)CCCCCCCCCCCCC/C=C\C/C=C\CCCCCCC)COC(OCC[N+](C)(C)C)C(=O)O. The maximum atomic E-state index is 12.9. The molecule has 0 aromatic rings. The van der Waals surface area contributed by atoms with Gasteiger partial charge < -0.3 is 28.5 Å². The molecule has 0 aromatic carbocycles. The van der Waals surface area contributed by atoms with Gasteiger partial charge in [0, 0.05) is 12.8 Å². The van der Waals surface area contributed by atoms with Gasteiger partial charge in [-0.05, 0) is 116 Å². The van der Waals surface area contributed by atoms with E-state index in [-0.39, 0.29) is 32.2 Å². The zero-order chi connectivity index (χ0) is 61.9. The van der Waals surface area contributed by atoms with E-state index in [9.17, 15) is 19.5 Å². The third-order valence-corrected chi connectivity index (χ3v) is 14.4. The Kier molecular flexibility index (Phi) is 61.9. The van der Waals surface area contributed by atoms with Crippen molar-refractivity contribution in [3.05, 3.63) is 134 Å². The molecule has 2 atom stereocenters. The van der Waals surface area contributed by atoms with Crippen molar-refractivity contribution in [1.29, 1.82) is 0 Å². The highest BCUT2D eigenvalue weighted by Gasteiger charge is 2.25. The van der Waals surface area contributed by atoms with Crippen LogP contribution < -0.4 is 0 Å². The van der Waals surface area contributed by atoms with Crippen LogP contribution in [0.25, 0.3) is 0 Å². The number of hydrogen-bond donors (Lipinski definition) is 1. The summed E-state index contributed by atoms with van der Waals surface area (Å²) < 4.78 is 23.0. The number of carbonyl (C=O) groups is 3. The number of hydrogen-bond acceptors (Lipinski definition) is 7. The Morgan fingerprint density at radius 2 is 0.671 bits per heavy atom. The lowest BCUT2D eigenvalue weighted by molar-refractivity contribution is -0.870. The Bertz CT molecular complexity index is 1860. The number of carbonyl (C=O) groups excluding carboxylic acids is 2. The minimum absolute atomic E-state index is 0.180. The van der Waals surface area contributed by atoms with Gasteiger partial charge in [0.1, 0.15) is 13.2 Å². The average molecular weight is 1180 g/mol. The molecule has 9 heteroatoms.